The van der Waals surface area contributed by atoms with Gasteiger partial charge in [-0.3, -0.25) is 14.4 Å². The van der Waals surface area contributed by atoms with Crippen molar-refractivity contribution in [2.45, 2.75) is 50.0 Å². The van der Waals surface area contributed by atoms with Gasteiger partial charge in [-0.2, -0.15) is 0 Å². The van der Waals surface area contributed by atoms with Crippen molar-refractivity contribution in [1.82, 2.24) is 0 Å². The molecule has 138 valence electrons. The number of carboxylic acid groups (broad SMARTS) is 2. The number of aliphatic hydroxyl groups excluding tert-OH is 4. The minimum atomic E-state index is -1.80. The van der Waals surface area contributed by atoms with Gasteiger partial charge in [0.2, 0.25) is 6.29 Å². The molecule has 0 spiro atoms. The Morgan fingerprint density at radius 1 is 1.04 bits per heavy atom. The molecule has 1 aliphatic rings. The minimum absolute atomic E-state index is 0.297. The van der Waals surface area contributed by atoms with Gasteiger partial charge in [-0.25, -0.2) is 0 Å². The van der Waals surface area contributed by atoms with Crippen LogP contribution < -0.4 is 0 Å². The van der Waals surface area contributed by atoms with Crippen molar-refractivity contribution < 1.29 is 54.5 Å². The largest absolute Gasteiger partial charge is 0.481 e. The molecular weight excluding hydrogens is 332 g/mol. The summed E-state index contributed by atoms with van der Waals surface area (Å²) in [7, 11) is 0. The van der Waals surface area contributed by atoms with E-state index >= 15 is 0 Å². The highest BCUT2D eigenvalue weighted by atomic mass is 16.7. The zero-order chi connectivity index (χ0) is 18.4. The Bertz CT molecular complexity index is 463. The topological polar surface area (TPSA) is 191 Å². The Morgan fingerprint density at radius 3 is 2.17 bits per heavy atom. The van der Waals surface area contributed by atoms with Crippen LogP contribution in [0.25, 0.3) is 0 Å². The molecule has 1 rings (SSSR count). The second-order valence-electron chi connectivity index (χ2n) is 5.36. The maximum atomic E-state index is 11.8. The molecule has 1 saturated heterocycles. The van der Waals surface area contributed by atoms with Gasteiger partial charge in [0.1, 0.15) is 24.4 Å². The van der Waals surface area contributed by atoms with Crippen LogP contribution in [0.2, 0.25) is 0 Å². The van der Waals surface area contributed by atoms with Crippen molar-refractivity contribution in [1.29, 1.82) is 0 Å². The van der Waals surface area contributed by atoms with Crippen molar-refractivity contribution in [2.24, 2.45) is 5.92 Å². The molecule has 1 fully saturated rings. The lowest BCUT2D eigenvalue weighted by atomic mass is 9.98. The number of aliphatic carboxylic acids is 2. The standard InChI is InChI=1S/C13H20O11/c14-4-6-9(18)10(19)11(20)13(23-6)24-8(17)3-5(12(21)22)1-2-7(15)16/h5-6,9-11,13-14,18-20H,1-4H2,(H,15,16)(H,21,22)/t5-,6-,9-,10+,11-,13?/m1/s1. The molecule has 1 heterocycles. The monoisotopic (exact) mass is 352 g/mol. The smallest absolute Gasteiger partial charge is 0.309 e. The van der Waals surface area contributed by atoms with Crippen LogP contribution in [0, 0.1) is 5.92 Å². The van der Waals surface area contributed by atoms with Gasteiger partial charge in [0.15, 0.2) is 0 Å². The summed E-state index contributed by atoms with van der Waals surface area (Å²) in [5.41, 5.74) is 0. The summed E-state index contributed by atoms with van der Waals surface area (Å²) in [6, 6.07) is 0. The van der Waals surface area contributed by atoms with Crippen LogP contribution in [0.5, 0.6) is 0 Å². The molecule has 0 amide bonds. The van der Waals surface area contributed by atoms with E-state index in [1.807, 2.05) is 0 Å². The number of carbonyl (C=O) groups excluding carboxylic acids is 1. The van der Waals surface area contributed by atoms with Crippen molar-refractivity contribution in [3.05, 3.63) is 0 Å². The minimum Gasteiger partial charge on any atom is -0.481 e. The molecule has 6 N–H and O–H groups in total. The Balaban J connectivity index is 2.64. The van der Waals surface area contributed by atoms with Crippen molar-refractivity contribution in [2.75, 3.05) is 6.61 Å². The molecular formula is C13H20O11. The number of rotatable bonds is 8. The molecule has 11 heteroatoms. The van der Waals surface area contributed by atoms with Crippen molar-refractivity contribution in [3.63, 3.8) is 0 Å². The Kier molecular flexibility index (Phi) is 7.51. The highest BCUT2D eigenvalue weighted by Gasteiger charge is 2.45. The van der Waals surface area contributed by atoms with E-state index < -0.39 is 74.0 Å². The lowest BCUT2D eigenvalue weighted by Crippen LogP contribution is -2.59. The van der Waals surface area contributed by atoms with E-state index in [0.29, 0.717) is 0 Å². The van der Waals surface area contributed by atoms with Crippen LogP contribution >= 0.6 is 0 Å². The average molecular weight is 352 g/mol. The van der Waals surface area contributed by atoms with Crippen LogP contribution in [-0.4, -0.2) is 85.9 Å². The maximum Gasteiger partial charge on any atom is 0.309 e. The van der Waals surface area contributed by atoms with Gasteiger partial charge in [0, 0.05) is 6.42 Å². The fourth-order valence-electron chi connectivity index (χ4n) is 2.15. The van der Waals surface area contributed by atoms with Gasteiger partial charge in [-0.1, -0.05) is 0 Å². The summed E-state index contributed by atoms with van der Waals surface area (Å²) >= 11 is 0. The van der Waals surface area contributed by atoms with E-state index in [0.717, 1.165) is 0 Å². The maximum absolute atomic E-state index is 11.8. The summed E-state index contributed by atoms with van der Waals surface area (Å²) in [4.78, 5) is 33.2. The third kappa shape index (κ3) is 5.39. The van der Waals surface area contributed by atoms with Gasteiger partial charge in [0.05, 0.1) is 18.9 Å². The third-order valence-corrected chi connectivity index (χ3v) is 3.57. The number of carboxylic acids is 2. The molecule has 1 aliphatic heterocycles. The van der Waals surface area contributed by atoms with E-state index in [-0.39, 0.29) is 6.42 Å². The van der Waals surface area contributed by atoms with Crippen molar-refractivity contribution >= 4 is 17.9 Å². The first-order valence-electron chi connectivity index (χ1n) is 7.12. The Hall–Kier alpha value is -1.79. The van der Waals surface area contributed by atoms with E-state index in [1.54, 1.807) is 0 Å². The summed E-state index contributed by atoms with van der Waals surface area (Å²) in [5, 5.41) is 55.4. The molecule has 0 aliphatic carbocycles. The van der Waals surface area contributed by atoms with Gasteiger partial charge < -0.3 is 40.1 Å². The molecule has 11 nitrogen and oxygen atoms in total. The first kappa shape index (κ1) is 20.3. The fourth-order valence-corrected chi connectivity index (χ4v) is 2.15. The summed E-state index contributed by atoms with van der Waals surface area (Å²) in [5.74, 6) is -5.01. The molecule has 0 aromatic carbocycles. The predicted octanol–water partition coefficient (Wildman–Crippen LogP) is -2.71. The van der Waals surface area contributed by atoms with Crippen LogP contribution in [0.15, 0.2) is 0 Å². The number of hydrogen-bond donors (Lipinski definition) is 6. The summed E-state index contributed by atoms with van der Waals surface area (Å²) in [6.45, 7) is -0.713. The third-order valence-electron chi connectivity index (χ3n) is 3.57. The van der Waals surface area contributed by atoms with Crippen LogP contribution in [0.4, 0.5) is 0 Å². The van der Waals surface area contributed by atoms with E-state index in [2.05, 4.69) is 0 Å². The van der Waals surface area contributed by atoms with E-state index in [4.69, 9.17) is 24.8 Å². The predicted molar refractivity (Wildman–Crippen MR) is 72.5 cm³/mol. The van der Waals surface area contributed by atoms with E-state index in [1.165, 1.54) is 0 Å². The first-order valence-corrected chi connectivity index (χ1v) is 7.12. The zero-order valence-electron chi connectivity index (χ0n) is 12.5. The number of aliphatic hydroxyl groups is 4. The Labute approximate surface area is 136 Å². The molecule has 0 saturated carbocycles. The first-order chi connectivity index (χ1) is 11.2. The average Bonchev–Trinajstić information content (AvgIpc) is 2.51. The number of esters is 1. The summed E-state index contributed by atoms with van der Waals surface area (Å²) < 4.78 is 9.68. The lowest BCUT2D eigenvalue weighted by Gasteiger charge is -2.39. The lowest BCUT2D eigenvalue weighted by molar-refractivity contribution is -0.292. The fraction of sp³-hybridized carbons (Fsp3) is 0.769. The SMILES string of the molecule is O=C(O)CC[C@H](CC(=O)OC1O[C@H](CO)[C@@H](O)[C@H](O)[C@H]1O)C(=O)O. The van der Waals surface area contributed by atoms with Crippen molar-refractivity contribution in [3.8, 4) is 0 Å². The van der Waals surface area contributed by atoms with Gasteiger partial charge in [0.25, 0.3) is 0 Å². The zero-order valence-corrected chi connectivity index (χ0v) is 12.5. The second-order valence-corrected chi connectivity index (χ2v) is 5.36. The van der Waals surface area contributed by atoms with Crippen LogP contribution in [-0.2, 0) is 23.9 Å². The molecule has 0 aromatic heterocycles. The quantitative estimate of drug-likeness (QED) is 0.249. The molecule has 0 aromatic rings. The Morgan fingerprint density at radius 2 is 1.67 bits per heavy atom. The molecule has 6 atom stereocenters. The second kappa shape index (κ2) is 8.89. The molecule has 0 radical (unpaired) electrons. The highest BCUT2D eigenvalue weighted by Crippen LogP contribution is 2.23. The van der Waals surface area contributed by atoms with Gasteiger partial charge >= 0.3 is 17.9 Å². The number of hydrogen-bond acceptors (Lipinski definition) is 9. The number of carbonyl (C=O) groups is 3. The molecule has 24 heavy (non-hydrogen) atoms. The van der Waals surface area contributed by atoms with Gasteiger partial charge in [-0.05, 0) is 6.42 Å². The van der Waals surface area contributed by atoms with E-state index in [9.17, 15) is 29.7 Å². The van der Waals surface area contributed by atoms with Gasteiger partial charge in [-0.15, -0.1) is 0 Å². The van der Waals surface area contributed by atoms with Crippen LogP contribution in [0.1, 0.15) is 19.3 Å². The van der Waals surface area contributed by atoms with Crippen LogP contribution in [0.3, 0.4) is 0 Å². The normalized spacial score (nSPS) is 31.2. The summed E-state index contributed by atoms with van der Waals surface area (Å²) in [6.07, 6.45) is -9.56. The molecule has 0 bridgehead atoms. The molecule has 1 unspecified atom stereocenters. The highest BCUT2D eigenvalue weighted by molar-refractivity contribution is 5.79. The number of ether oxygens (including phenoxy) is 2.